The SMILES string of the molecule is CCCCCSc1cccc2c1C(=O)N(C1CCC(=O)NC1=O)C2=O. The van der Waals surface area contributed by atoms with E-state index in [1.165, 1.54) is 0 Å². The molecule has 4 amide bonds. The maximum Gasteiger partial charge on any atom is 0.263 e. The fourth-order valence-corrected chi connectivity index (χ4v) is 4.22. The number of nitrogens with one attached hydrogen (secondary N) is 1. The Balaban J connectivity index is 1.84. The minimum atomic E-state index is -0.914. The number of amides is 4. The summed E-state index contributed by atoms with van der Waals surface area (Å²) in [5.41, 5.74) is 0.730. The average molecular weight is 360 g/mol. The number of benzene rings is 1. The molecule has 0 radical (unpaired) electrons. The number of piperidine rings is 1. The lowest BCUT2D eigenvalue weighted by Gasteiger charge is -2.27. The number of imide groups is 2. The number of unbranched alkanes of at least 4 members (excludes halogenated alkanes) is 2. The first-order valence-corrected chi connectivity index (χ1v) is 9.50. The van der Waals surface area contributed by atoms with Gasteiger partial charge < -0.3 is 0 Å². The molecule has 1 N–H and O–H groups in total. The van der Waals surface area contributed by atoms with Crippen LogP contribution in [0, 0.1) is 0 Å². The minimum Gasteiger partial charge on any atom is -0.295 e. The maximum absolute atomic E-state index is 12.9. The van der Waals surface area contributed by atoms with Crippen molar-refractivity contribution in [2.24, 2.45) is 0 Å². The normalized spacial score (nSPS) is 20.0. The molecule has 132 valence electrons. The molecule has 6 nitrogen and oxygen atoms in total. The highest BCUT2D eigenvalue weighted by Gasteiger charge is 2.45. The number of hydrogen-bond donors (Lipinski definition) is 1. The van der Waals surface area contributed by atoms with E-state index in [1.54, 1.807) is 23.9 Å². The first-order chi connectivity index (χ1) is 12.0. The second-order valence-electron chi connectivity index (χ2n) is 6.18. The Bertz CT molecular complexity index is 747. The minimum absolute atomic E-state index is 0.127. The van der Waals surface area contributed by atoms with E-state index in [0.29, 0.717) is 11.1 Å². The van der Waals surface area contributed by atoms with Gasteiger partial charge in [0.2, 0.25) is 11.8 Å². The molecule has 2 aliphatic heterocycles. The molecule has 7 heteroatoms. The molecule has 0 bridgehead atoms. The fourth-order valence-electron chi connectivity index (χ4n) is 3.14. The Hall–Kier alpha value is -2.15. The second kappa shape index (κ2) is 7.39. The van der Waals surface area contributed by atoms with Crippen molar-refractivity contribution in [3.63, 3.8) is 0 Å². The van der Waals surface area contributed by atoms with E-state index in [4.69, 9.17) is 0 Å². The van der Waals surface area contributed by atoms with Crippen LogP contribution in [0.4, 0.5) is 0 Å². The van der Waals surface area contributed by atoms with Crippen molar-refractivity contribution in [1.29, 1.82) is 0 Å². The summed E-state index contributed by atoms with van der Waals surface area (Å²) in [6.07, 6.45) is 3.59. The molecule has 1 aromatic rings. The van der Waals surface area contributed by atoms with Gasteiger partial charge in [-0.25, -0.2) is 0 Å². The Morgan fingerprint density at radius 3 is 2.68 bits per heavy atom. The van der Waals surface area contributed by atoms with Crippen molar-refractivity contribution in [2.45, 2.75) is 50.0 Å². The van der Waals surface area contributed by atoms with Crippen molar-refractivity contribution in [1.82, 2.24) is 10.2 Å². The number of thioether (sulfide) groups is 1. The first kappa shape index (κ1) is 17.7. The van der Waals surface area contributed by atoms with Crippen LogP contribution in [0.2, 0.25) is 0 Å². The van der Waals surface area contributed by atoms with Gasteiger partial charge in [-0.15, -0.1) is 11.8 Å². The topological polar surface area (TPSA) is 83.6 Å². The van der Waals surface area contributed by atoms with Crippen LogP contribution in [-0.2, 0) is 9.59 Å². The van der Waals surface area contributed by atoms with Gasteiger partial charge in [0.1, 0.15) is 6.04 Å². The molecule has 0 saturated carbocycles. The zero-order chi connectivity index (χ0) is 18.0. The van der Waals surface area contributed by atoms with Crippen LogP contribution < -0.4 is 5.32 Å². The van der Waals surface area contributed by atoms with Crippen LogP contribution >= 0.6 is 11.8 Å². The van der Waals surface area contributed by atoms with Crippen molar-refractivity contribution in [2.75, 3.05) is 5.75 Å². The summed E-state index contributed by atoms with van der Waals surface area (Å²) in [5.74, 6) is -0.962. The van der Waals surface area contributed by atoms with Crippen molar-refractivity contribution in [3.8, 4) is 0 Å². The molecule has 0 spiro atoms. The zero-order valence-corrected chi connectivity index (χ0v) is 14.9. The second-order valence-corrected chi connectivity index (χ2v) is 7.32. The van der Waals surface area contributed by atoms with Crippen molar-refractivity contribution >= 4 is 35.4 Å². The van der Waals surface area contributed by atoms with E-state index in [-0.39, 0.29) is 18.7 Å². The molecule has 2 heterocycles. The number of nitrogens with zero attached hydrogens (tertiary/aromatic N) is 1. The summed E-state index contributed by atoms with van der Waals surface area (Å²) in [6.45, 7) is 2.13. The quantitative estimate of drug-likeness (QED) is 0.478. The third-order valence-electron chi connectivity index (χ3n) is 4.44. The number of hydrogen-bond acceptors (Lipinski definition) is 5. The predicted octanol–water partition coefficient (Wildman–Crippen LogP) is 2.37. The van der Waals surface area contributed by atoms with E-state index in [9.17, 15) is 19.2 Å². The molecule has 3 rings (SSSR count). The highest BCUT2D eigenvalue weighted by Crippen LogP contribution is 2.34. The Kier molecular flexibility index (Phi) is 5.22. The van der Waals surface area contributed by atoms with Gasteiger partial charge in [-0.1, -0.05) is 25.8 Å². The Morgan fingerprint density at radius 1 is 1.16 bits per heavy atom. The molecule has 1 aromatic carbocycles. The van der Waals surface area contributed by atoms with Gasteiger partial charge in [-0.3, -0.25) is 29.4 Å². The summed E-state index contributed by atoms with van der Waals surface area (Å²) in [6, 6.07) is 4.31. The van der Waals surface area contributed by atoms with Crippen LogP contribution in [0.3, 0.4) is 0 Å². The van der Waals surface area contributed by atoms with E-state index >= 15 is 0 Å². The Morgan fingerprint density at radius 2 is 1.96 bits per heavy atom. The van der Waals surface area contributed by atoms with Gasteiger partial charge in [0.25, 0.3) is 11.8 Å². The molecule has 1 atom stereocenters. The first-order valence-electron chi connectivity index (χ1n) is 8.52. The molecular formula is C18H20N2O4S. The van der Waals surface area contributed by atoms with Crippen LogP contribution in [0.5, 0.6) is 0 Å². The van der Waals surface area contributed by atoms with Crippen LogP contribution in [0.25, 0.3) is 0 Å². The number of carbonyl (C=O) groups is 4. The van der Waals surface area contributed by atoms with Gasteiger partial charge >= 0.3 is 0 Å². The largest absolute Gasteiger partial charge is 0.295 e. The Labute approximate surface area is 150 Å². The van der Waals surface area contributed by atoms with Crippen LogP contribution in [0.1, 0.15) is 59.7 Å². The van der Waals surface area contributed by atoms with Crippen LogP contribution in [-0.4, -0.2) is 40.3 Å². The van der Waals surface area contributed by atoms with Gasteiger partial charge in [-0.05, 0) is 30.7 Å². The molecule has 0 aromatic heterocycles. The standard InChI is InChI=1S/C18H20N2O4S/c1-2-3-4-10-25-13-7-5-6-11-15(13)18(24)20(17(11)23)12-8-9-14(21)19-16(12)22/h5-7,12H,2-4,8-10H2,1H3,(H,19,21,22). The lowest BCUT2D eigenvalue weighted by Crippen LogP contribution is -2.54. The van der Waals surface area contributed by atoms with Gasteiger partial charge in [0.15, 0.2) is 0 Å². The summed E-state index contributed by atoms with van der Waals surface area (Å²) in [7, 11) is 0. The fraction of sp³-hybridized carbons (Fsp3) is 0.444. The average Bonchev–Trinajstić information content (AvgIpc) is 2.84. The van der Waals surface area contributed by atoms with Gasteiger partial charge in [0.05, 0.1) is 11.1 Å². The third kappa shape index (κ3) is 3.33. The summed E-state index contributed by atoms with van der Waals surface area (Å²) in [4.78, 5) is 50.8. The molecule has 0 aliphatic carbocycles. The predicted molar refractivity (Wildman–Crippen MR) is 93.4 cm³/mol. The monoisotopic (exact) mass is 360 g/mol. The highest BCUT2D eigenvalue weighted by molar-refractivity contribution is 7.99. The number of carbonyl (C=O) groups excluding carboxylic acids is 4. The third-order valence-corrected chi connectivity index (χ3v) is 5.58. The zero-order valence-electron chi connectivity index (χ0n) is 14.0. The van der Waals surface area contributed by atoms with Gasteiger partial charge in [0, 0.05) is 11.3 Å². The smallest absolute Gasteiger partial charge is 0.263 e. The summed E-state index contributed by atoms with van der Waals surface area (Å²) >= 11 is 1.57. The van der Waals surface area contributed by atoms with Crippen LogP contribution in [0.15, 0.2) is 23.1 Å². The summed E-state index contributed by atoms with van der Waals surface area (Å²) in [5, 5.41) is 2.21. The number of fused-ring (bicyclic) bond motifs is 1. The molecule has 1 unspecified atom stereocenters. The van der Waals surface area contributed by atoms with E-state index < -0.39 is 23.8 Å². The molecular weight excluding hydrogens is 340 g/mol. The van der Waals surface area contributed by atoms with Crippen molar-refractivity contribution in [3.05, 3.63) is 29.3 Å². The van der Waals surface area contributed by atoms with Crippen molar-refractivity contribution < 1.29 is 19.2 Å². The maximum atomic E-state index is 12.9. The van der Waals surface area contributed by atoms with E-state index in [0.717, 1.165) is 34.8 Å². The molecule has 2 aliphatic rings. The highest BCUT2D eigenvalue weighted by atomic mass is 32.2. The number of rotatable bonds is 6. The molecule has 1 fully saturated rings. The molecule has 1 saturated heterocycles. The van der Waals surface area contributed by atoms with E-state index in [1.807, 2.05) is 6.07 Å². The lowest BCUT2D eigenvalue weighted by atomic mass is 10.0. The lowest BCUT2D eigenvalue weighted by molar-refractivity contribution is -0.136. The summed E-state index contributed by atoms with van der Waals surface area (Å²) < 4.78 is 0. The van der Waals surface area contributed by atoms with E-state index in [2.05, 4.69) is 12.2 Å². The molecule has 25 heavy (non-hydrogen) atoms. The van der Waals surface area contributed by atoms with Gasteiger partial charge in [-0.2, -0.15) is 0 Å².